The van der Waals surface area contributed by atoms with E-state index in [-0.39, 0.29) is 0 Å². The first-order valence-electron chi connectivity index (χ1n) is 19.7. The Hall–Kier alpha value is -7.48. The van der Waals surface area contributed by atoms with Crippen molar-refractivity contribution in [2.24, 2.45) is 0 Å². The van der Waals surface area contributed by atoms with E-state index in [0.717, 1.165) is 22.4 Å². The molecule has 1 nitrogen and oxygen atoms in total. The van der Waals surface area contributed by atoms with Gasteiger partial charge >= 0.3 is 0 Å². The lowest BCUT2D eigenvalue weighted by molar-refractivity contribution is 0.487. The lowest BCUT2D eigenvalue weighted by Gasteiger charge is -2.23. The minimum atomic E-state index is 0.890. The average Bonchev–Trinajstić information content (AvgIpc) is 3.29. The number of fused-ring (bicyclic) bond motifs is 2. The van der Waals surface area contributed by atoms with Crippen molar-refractivity contribution < 1.29 is 4.74 Å². The number of hydrogen-bond acceptors (Lipinski definition) is 1. The topological polar surface area (TPSA) is 9.23 Å². The van der Waals surface area contributed by atoms with Gasteiger partial charge in [-0.3, -0.25) is 0 Å². The number of benzene rings is 11. The van der Waals surface area contributed by atoms with Crippen LogP contribution in [-0.4, -0.2) is 0 Å². The van der Waals surface area contributed by atoms with Gasteiger partial charge in [0, 0.05) is 10.9 Å². The Morgan fingerprint density at radius 1 is 0.228 bits per heavy atom. The van der Waals surface area contributed by atoms with Gasteiger partial charge in [0.1, 0.15) is 11.5 Å². The van der Waals surface area contributed by atoms with Gasteiger partial charge in [-0.2, -0.15) is 0 Å². The molecule has 1 heteroatoms. The summed E-state index contributed by atoms with van der Waals surface area (Å²) < 4.78 is 6.66. The Morgan fingerprint density at radius 3 is 1.35 bits per heavy atom. The largest absolute Gasteiger partial charge is 0.456 e. The Balaban J connectivity index is 1.08. The minimum absolute atomic E-state index is 0.890. The maximum Gasteiger partial charge on any atom is 0.135 e. The monoisotopic (exact) mass is 722 g/mol. The SMILES string of the molecule is c1ccc(-c2cc(-c3ccc4c5c(cccc35)-c3cc(-c5ccccc5)ccc3O4)cc(-c3ccc4ccc5c(-c6ccccc6)ccc6ccc3c4c65)c2)cc1. The van der Waals surface area contributed by atoms with Crippen molar-refractivity contribution >= 4 is 43.1 Å². The molecule has 0 N–H and O–H groups in total. The van der Waals surface area contributed by atoms with Crippen molar-refractivity contribution in [3.05, 3.63) is 206 Å². The summed E-state index contributed by atoms with van der Waals surface area (Å²) in [5.74, 6) is 1.78. The van der Waals surface area contributed by atoms with Crippen LogP contribution in [0.25, 0.3) is 110 Å². The van der Waals surface area contributed by atoms with Gasteiger partial charge in [-0.1, -0.05) is 170 Å². The van der Waals surface area contributed by atoms with Crippen molar-refractivity contribution in [1.82, 2.24) is 0 Å². The molecule has 0 aliphatic carbocycles. The van der Waals surface area contributed by atoms with Crippen molar-refractivity contribution in [2.75, 3.05) is 0 Å². The number of ether oxygens (including phenoxy) is 1. The highest BCUT2D eigenvalue weighted by atomic mass is 16.5. The number of hydrogen-bond donors (Lipinski definition) is 0. The van der Waals surface area contributed by atoms with E-state index in [1.54, 1.807) is 0 Å². The Kier molecular flexibility index (Phi) is 7.00. The third-order valence-corrected chi connectivity index (χ3v) is 12.0. The second-order valence-electron chi connectivity index (χ2n) is 15.2. The van der Waals surface area contributed by atoms with Crippen LogP contribution in [0.15, 0.2) is 206 Å². The third-order valence-electron chi connectivity index (χ3n) is 12.0. The fourth-order valence-electron chi connectivity index (χ4n) is 9.35. The van der Waals surface area contributed by atoms with Crippen molar-refractivity contribution in [2.45, 2.75) is 0 Å². The molecule has 0 spiro atoms. The Bertz CT molecular complexity index is 3340. The first kappa shape index (κ1) is 31.8. The van der Waals surface area contributed by atoms with E-state index in [1.165, 1.54) is 98.9 Å². The molecule has 57 heavy (non-hydrogen) atoms. The zero-order valence-electron chi connectivity index (χ0n) is 31.0. The van der Waals surface area contributed by atoms with E-state index < -0.39 is 0 Å². The molecular formula is C56H34O. The number of rotatable bonds is 5. The lowest BCUT2D eigenvalue weighted by atomic mass is 9.85. The standard InChI is InChI=1S/C56H34O/c1-4-11-35(12-5-1)40-23-29-52-51(34-40)48-18-10-17-47-46(28-30-53(57-52)56(47)48)43-32-41(36-13-6-2-7-14-36)31-42(33-43)45-25-20-39-21-26-49-44(37-15-8-3-9-16-37)24-19-38-22-27-50(45)55(39)54(38)49/h1-34H. The Morgan fingerprint density at radius 2 is 0.719 bits per heavy atom. The van der Waals surface area contributed by atoms with Crippen molar-refractivity contribution in [1.29, 1.82) is 0 Å². The molecule has 1 aliphatic rings. The van der Waals surface area contributed by atoms with Gasteiger partial charge in [0.2, 0.25) is 0 Å². The molecule has 11 aromatic rings. The summed E-state index contributed by atoms with van der Waals surface area (Å²) in [6, 6.07) is 75.3. The summed E-state index contributed by atoms with van der Waals surface area (Å²) in [6.45, 7) is 0. The summed E-state index contributed by atoms with van der Waals surface area (Å²) in [4.78, 5) is 0. The second-order valence-corrected chi connectivity index (χ2v) is 15.2. The van der Waals surface area contributed by atoms with Gasteiger partial charge in [-0.05, 0) is 135 Å². The van der Waals surface area contributed by atoms with E-state index in [1.807, 2.05) is 0 Å². The quantitative estimate of drug-likeness (QED) is 0.161. The molecule has 1 aliphatic heterocycles. The van der Waals surface area contributed by atoms with Gasteiger partial charge < -0.3 is 4.74 Å². The van der Waals surface area contributed by atoms with Crippen LogP contribution in [0.5, 0.6) is 11.5 Å². The maximum atomic E-state index is 6.66. The van der Waals surface area contributed by atoms with Crippen LogP contribution in [0.2, 0.25) is 0 Å². The molecule has 0 aromatic heterocycles. The summed E-state index contributed by atoms with van der Waals surface area (Å²) in [7, 11) is 0. The van der Waals surface area contributed by atoms with Gasteiger partial charge in [-0.15, -0.1) is 0 Å². The highest BCUT2D eigenvalue weighted by Crippen LogP contribution is 2.50. The molecule has 1 heterocycles. The average molecular weight is 723 g/mol. The first-order valence-corrected chi connectivity index (χ1v) is 19.7. The summed E-state index contributed by atoms with van der Waals surface area (Å²) in [5.41, 5.74) is 14.4. The van der Waals surface area contributed by atoms with E-state index in [4.69, 9.17) is 4.74 Å². The molecule has 0 unspecified atom stereocenters. The molecule has 0 atom stereocenters. The molecule has 12 rings (SSSR count). The smallest absolute Gasteiger partial charge is 0.135 e. The third kappa shape index (κ3) is 5.03. The predicted octanol–water partition coefficient (Wildman–Crippen LogP) is 15.8. The normalized spacial score (nSPS) is 12.0. The van der Waals surface area contributed by atoms with Gasteiger partial charge in [-0.25, -0.2) is 0 Å². The summed E-state index contributed by atoms with van der Waals surface area (Å²) in [5, 5.41) is 10.1. The van der Waals surface area contributed by atoms with E-state index >= 15 is 0 Å². The van der Waals surface area contributed by atoms with E-state index in [2.05, 4.69) is 206 Å². The highest BCUT2D eigenvalue weighted by Gasteiger charge is 2.23. The molecule has 11 aromatic carbocycles. The molecule has 0 radical (unpaired) electrons. The second kappa shape index (κ2) is 12.5. The zero-order valence-corrected chi connectivity index (χ0v) is 31.0. The van der Waals surface area contributed by atoms with Crippen molar-refractivity contribution in [3.63, 3.8) is 0 Å². The summed E-state index contributed by atoms with van der Waals surface area (Å²) >= 11 is 0. The molecule has 0 amide bonds. The molecule has 0 bridgehead atoms. The van der Waals surface area contributed by atoms with Crippen LogP contribution in [0.3, 0.4) is 0 Å². The van der Waals surface area contributed by atoms with Crippen LogP contribution in [0, 0.1) is 0 Å². The van der Waals surface area contributed by atoms with Crippen LogP contribution < -0.4 is 4.74 Å². The van der Waals surface area contributed by atoms with Crippen LogP contribution >= 0.6 is 0 Å². The van der Waals surface area contributed by atoms with Gasteiger partial charge in [0.25, 0.3) is 0 Å². The van der Waals surface area contributed by atoms with Gasteiger partial charge in [0.05, 0.1) is 0 Å². The van der Waals surface area contributed by atoms with Crippen LogP contribution in [0.1, 0.15) is 0 Å². The van der Waals surface area contributed by atoms with Crippen molar-refractivity contribution in [3.8, 4) is 78.3 Å². The minimum Gasteiger partial charge on any atom is -0.456 e. The van der Waals surface area contributed by atoms with Crippen LogP contribution in [0.4, 0.5) is 0 Å². The molecule has 0 saturated carbocycles. The Labute approximate surface area is 331 Å². The summed E-state index contributed by atoms with van der Waals surface area (Å²) in [6.07, 6.45) is 0. The van der Waals surface area contributed by atoms with E-state index in [9.17, 15) is 0 Å². The highest BCUT2D eigenvalue weighted by molar-refractivity contribution is 6.27. The zero-order chi connectivity index (χ0) is 37.5. The maximum absolute atomic E-state index is 6.66. The van der Waals surface area contributed by atoms with Crippen LogP contribution in [-0.2, 0) is 0 Å². The molecule has 0 saturated heterocycles. The molecule has 264 valence electrons. The predicted molar refractivity (Wildman–Crippen MR) is 240 cm³/mol. The van der Waals surface area contributed by atoms with E-state index in [0.29, 0.717) is 0 Å². The molecular weight excluding hydrogens is 689 g/mol. The fraction of sp³-hybridized carbons (Fsp3) is 0. The molecule has 0 fully saturated rings. The lowest BCUT2D eigenvalue weighted by Crippen LogP contribution is -1.98. The first-order chi connectivity index (χ1) is 28.2. The fourth-order valence-corrected chi connectivity index (χ4v) is 9.35. The van der Waals surface area contributed by atoms with Gasteiger partial charge in [0.15, 0.2) is 0 Å².